The van der Waals surface area contributed by atoms with Gasteiger partial charge in [0.2, 0.25) is 0 Å². The molecule has 1 aliphatic rings. The molecule has 0 N–H and O–H groups in total. The van der Waals surface area contributed by atoms with Crippen LogP contribution in [0.25, 0.3) is 6.08 Å². The molecule has 1 fully saturated rings. The highest BCUT2D eigenvalue weighted by atomic mass is 79.9. The van der Waals surface area contributed by atoms with E-state index in [0.717, 1.165) is 22.2 Å². The summed E-state index contributed by atoms with van der Waals surface area (Å²) >= 11 is 4.23. The number of imide groups is 1. The Morgan fingerprint density at radius 2 is 1.94 bits per heavy atom. The minimum Gasteiger partial charge on any atom is -0.490 e. The van der Waals surface area contributed by atoms with Crippen LogP contribution < -0.4 is 9.47 Å². The van der Waals surface area contributed by atoms with E-state index in [1.807, 2.05) is 19.1 Å². The number of carbonyl (C=O) groups is 3. The lowest BCUT2D eigenvalue weighted by Gasteiger charge is -2.18. The summed E-state index contributed by atoms with van der Waals surface area (Å²) in [5, 5.41) is 8.73. The lowest BCUT2D eigenvalue weighted by molar-refractivity contribution is -0.148. The summed E-state index contributed by atoms with van der Waals surface area (Å²) in [6.07, 6.45) is 1.55. The monoisotopic (exact) mass is 544 g/mol. The summed E-state index contributed by atoms with van der Waals surface area (Å²) in [4.78, 5) is 38.0. The fourth-order valence-electron chi connectivity index (χ4n) is 3.18. The Bertz CT molecular complexity index is 1210. The molecule has 2 aromatic rings. The molecular weight excluding hydrogens is 524 g/mol. The van der Waals surface area contributed by atoms with Gasteiger partial charge in [0.15, 0.2) is 11.5 Å². The van der Waals surface area contributed by atoms with Gasteiger partial charge in [-0.3, -0.25) is 14.5 Å². The Morgan fingerprint density at radius 3 is 2.62 bits per heavy atom. The Kier molecular flexibility index (Phi) is 8.36. The van der Waals surface area contributed by atoms with Gasteiger partial charge in [-0.2, -0.15) is 5.26 Å². The van der Waals surface area contributed by atoms with E-state index in [1.165, 1.54) is 14.0 Å². The number of hydrogen-bond donors (Lipinski definition) is 0. The van der Waals surface area contributed by atoms with Crippen molar-refractivity contribution in [2.24, 2.45) is 0 Å². The maximum atomic E-state index is 12.8. The zero-order chi connectivity index (χ0) is 24.8. The molecule has 34 heavy (non-hydrogen) atoms. The molecule has 0 unspecified atom stereocenters. The van der Waals surface area contributed by atoms with Crippen molar-refractivity contribution in [1.29, 1.82) is 5.26 Å². The average Bonchev–Trinajstić information content (AvgIpc) is 3.11. The lowest BCUT2D eigenvalue weighted by atomic mass is 10.1. The molecule has 2 amide bonds. The van der Waals surface area contributed by atoms with Crippen molar-refractivity contribution in [3.63, 3.8) is 0 Å². The molecule has 2 aromatic carbocycles. The number of halogens is 1. The molecule has 1 heterocycles. The number of hydrogen-bond acceptors (Lipinski definition) is 8. The number of benzene rings is 2. The second-order valence-electron chi connectivity index (χ2n) is 7.06. The van der Waals surface area contributed by atoms with Gasteiger partial charge in [0.25, 0.3) is 11.1 Å². The van der Waals surface area contributed by atoms with E-state index < -0.39 is 23.2 Å². The van der Waals surface area contributed by atoms with E-state index in [-0.39, 0.29) is 11.5 Å². The third-order valence-corrected chi connectivity index (χ3v) is 6.49. The second-order valence-corrected chi connectivity index (χ2v) is 8.91. The summed E-state index contributed by atoms with van der Waals surface area (Å²) in [5.41, 5.74) is 1.85. The number of thioether (sulfide) groups is 1. The van der Waals surface area contributed by atoms with Crippen molar-refractivity contribution in [1.82, 2.24) is 4.90 Å². The number of ether oxygens (including phenoxy) is 3. The van der Waals surface area contributed by atoms with Crippen molar-refractivity contribution in [3.05, 3.63) is 62.5 Å². The molecule has 0 saturated carbocycles. The van der Waals surface area contributed by atoms with E-state index in [2.05, 4.69) is 26.7 Å². The zero-order valence-corrected chi connectivity index (χ0v) is 21.1. The van der Waals surface area contributed by atoms with Crippen molar-refractivity contribution in [2.45, 2.75) is 26.5 Å². The van der Waals surface area contributed by atoms with Crippen LogP contribution in [-0.4, -0.2) is 41.8 Å². The molecule has 8 nitrogen and oxygen atoms in total. The number of methoxy groups -OCH3 is 1. The van der Waals surface area contributed by atoms with Gasteiger partial charge < -0.3 is 14.2 Å². The van der Waals surface area contributed by atoms with Crippen LogP contribution in [0.15, 0.2) is 45.8 Å². The van der Waals surface area contributed by atoms with Crippen LogP contribution in [0, 0.1) is 11.3 Å². The van der Waals surface area contributed by atoms with Gasteiger partial charge in [0.1, 0.15) is 12.6 Å². The van der Waals surface area contributed by atoms with Crippen LogP contribution in [-0.2, 0) is 20.9 Å². The van der Waals surface area contributed by atoms with Crippen LogP contribution in [0.5, 0.6) is 11.5 Å². The van der Waals surface area contributed by atoms with Crippen LogP contribution in [0.1, 0.15) is 30.5 Å². The van der Waals surface area contributed by atoms with Crippen molar-refractivity contribution in [3.8, 4) is 17.6 Å². The Balaban J connectivity index is 1.89. The maximum Gasteiger partial charge on any atom is 0.328 e. The Hall–Kier alpha value is -3.29. The Labute approximate surface area is 209 Å². The smallest absolute Gasteiger partial charge is 0.328 e. The molecule has 10 heteroatoms. The Morgan fingerprint density at radius 1 is 1.24 bits per heavy atom. The number of rotatable bonds is 8. The molecule has 1 aliphatic heterocycles. The topological polar surface area (TPSA) is 106 Å². The number of esters is 1. The molecule has 3 rings (SSSR count). The van der Waals surface area contributed by atoms with E-state index in [4.69, 9.17) is 9.47 Å². The van der Waals surface area contributed by atoms with Gasteiger partial charge in [-0.25, -0.2) is 4.79 Å². The molecular formula is C24H21BrN2O6S. The number of nitrogens with zero attached hydrogens (tertiary/aromatic N) is 2. The number of carbonyl (C=O) groups excluding carboxylic acids is 3. The number of nitriles is 1. The van der Waals surface area contributed by atoms with E-state index in [9.17, 15) is 19.6 Å². The highest BCUT2D eigenvalue weighted by Gasteiger charge is 2.41. The quantitative estimate of drug-likeness (QED) is 0.341. The standard InChI is InChI=1S/C24H21BrN2O6S/c1-4-32-19-9-17(10-21-22(28)27(24(30)34-21)14(2)23(29)31-3)18(25)11-20(19)33-13-16-8-6-5-7-15(16)12-26/h5-11,14H,4,13H2,1-3H3/b21-10+/t14-/m0/s1. The summed E-state index contributed by atoms with van der Waals surface area (Å²) in [5.74, 6) is -0.367. The molecule has 1 atom stereocenters. The average molecular weight is 545 g/mol. The van der Waals surface area contributed by atoms with Crippen LogP contribution >= 0.6 is 27.7 Å². The molecule has 0 bridgehead atoms. The molecule has 0 aromatic heterocycles. The minimum atomic E-state index is -1.03. The first-order valence-corrected chi connectivity index (χ1v) is 11.8. The van der Waals surface area contributed by atoms with E-state index >= 15 is 0 Å². The normalized spacial score (nSPS) is 15.3. The van der Waals surface area contributed by atoms with Gasteiger partial charge in [-0.05, 0) is 55.4 Å². The summed E-state index contributed by atoms with van der Waals surface area (Å²) < 4.78 is 16.9. The zero-order valence-electron chi connectivity index (χ0n) is 18.7. The van der Waals surface area contributed by atoms with Crippen LogP contribution in [0.3, 0.4) is 0 Å². The van der Waals surface area contributed by atoms with Crippen LogP contribution in [0.2, 0.25) is 0 Å². The van der Waals surface area contributed by atoms with Gasteiger partial charge in [-0.15, -0.1) is 0 Å². The molecule has 0 radical (unpaired) electrons. The van der Waals surface area contributed by atoms with Crippen LogP contribution in [0.4, 0.5) is 4.79 Å². The van der Waals surface area contributed by atoms with E-state index in [0.29, 0.717) is 33.7 Å². The third-order valence-electron chi connectivity index (χ3n) is 4.92. The minimum absolute atomic E-state index is 0.167. The maximum absolute atomic E-state index is 12.8. The SMILES string of the molecule is CCOc1cc(/C=C2/SC(=O)N([C@@H](C)C(=O)OC)C2=O)c(Br)cc1OCc1ccccc1C#N. The summed E-state index contributed by atoms with van der Waals surface area (Å²) in [6.45, 7) is 3.81. The summed E-state index contributed by atoms with van der Waals surface area (Å²) in [6, 6.07) is 11.6. The first-order valence-electron chi connectivity index (χ1n) is 10.2. The van der Waals surface area contributed by atoms with Crippen molar-refractivity contribution >= 4 is 50.9 Å². The van der Waals surface area contributed by atoms with Gasteiger partial charge in [0.05, 0.1) is 30.3 Å². The summed E-state index contributed by atoms with van der Waals surface area (Å²) in [7, 11) is 1.20. The third kappa shape index (κ3) is 5.43. The predicted octanol–water partition coefficient (Wildman–Crippen LogP) is 4.90. The lowest BCUT2D eigenvalue weighted by Crippen LogP contribution is -2.42. The van der Waals surface area contributed by atoms with E-state index in [1.54, 1.807) is 30.3 Å². The first-order chi connectivity index (χ1) is 16.3. The highest BCUT2D eigenvalue weighted by Crippen LogP contribution is 2.39. The van der Waals surface area contributed by atoms with Crippen molar-refractivity contribution < 1.29 is 28.6 Å². The first kappa shape index (κ1) is 25.3. The second kappa shape index (κ2) is 11.2. The molecule has 176 valence electrons. The largest absolute Gasteiger partial charge is 0.490 e. The highest BCUT2D eigenvalue weighted by molar-refractivity contribution is 9.10. The van der Waals surface area contributed by atoms with Gasteiger partial charge >= 0.3 is 5.97 Å². The molecule has 0 spiro atoms. The fraction of sp³-hybridized carbons (Fsp3) is 0.250. The number of amides is 2. The predicted molar refractivity (Wildman–Crippen MR) is 130 cm³/mol. The van der Waals surface area contributed by atoms with Gasteiger partial charge in [0, 0.05) is 10.0 Å². The molecule has 1 saturated heterocycles. The fourth-order valence-corrected chi connectivity index (χ4v) is 4.52. The van der Waals surface area contributed by atoms with Gasteiger partial charge in [-0.1, -0.05) is 34.1 Å². The van der Waals surface area contributed by atoms with Crippen molar-refractivity contribution in [2.75, 3.05) is 13.7 Å². The molecule has 0 aliphatic carbocycles.